The first kappa shape index (κ1) is 22.7. The molecule has 166 valence electrons. The number of rotatable bonds is 12. The topological polar surface area (TPSA) is 67.7 Å². The number of imidazole rings is 1. The molecule has 1 saturated carbocycles. The second-order valence-corrected chi connectivity index (χ2v) is 10.6. The molecule has 3 rings (SSSR count). The summed E-state index contributed by atoms with van der Waals surface area (Å²) in [7, 11) is -1.20. The van der Waals surface area contributed by atoms with E-state index in [0.717, 1.165) is 96.7 Å². The Balaban J connectivity index is 1.59. The van der Waals surface area contributed by atoms with Crippen molar-refractivity contribution < 1.29 is 13.2 Å². The van der Waals surface area contributed by atoms with E-state index in [1.165, 1.54) is 0 Å². The molecule has 0 unspecified atom stereocenters. The van der Waals surface area contributed by atoms with Gasteiger partial charge < -0.3 is 14.2 Å². The third kappa shape index (κ3) is 6.51. The van der Waals surface area contributed by atoms with Crippen LogP contribution in [0.3, 0.4) is 0 Å². The van der Waals surface area contributed by atoms with E-state index >= 15 is 0 Å². The summed E-state index contributed by atoms with van der Waals surface area (Å²) in [6.45, 7) is 9.40. The molecule has 1 aliphatic carbocycles. The Morgan fingerprint density at radius 1 is 1.21 bits per heavy atom. The number of hydrogen-bond donors (Lipinski definition) is 0. The number of morpholine rings is 1. The SMILES string of the molecule is CCCCn1c(CN(C)CCCN2CCOCC2)cnc1S(=O)(=O)CC1CCC1. The average molecular weight is 427 g/mol. The Morgan fingerprint density at radius 2 is 1.97 bits per heavy atom. The standard InChI is InChI=1S/C21H38N4O3S/c1-3-4-11-25-20(16-22-21(25)29(26,27)18-19-7-5-8-19)17-23(2)9-6-10-24-12-14-28-15-13-24/h16,19H,3-15,17-18H2,1-2H3. The zero-order chi connectivity index (χ0) is 20.7. The van der Waals surface area contributed by atoms with E-state index in [-0.39, 0.29) is 10.9 Å². The third-order valence-electron chi connectivity index (χ3n) is 6.14. The Kier molecular flexibility index (Phi) is 8.53. The summed E-state index contributed by atoms with van der Waals surface area (Å²) in [5.41, 5.74) is 1.01. The number of sulfone groups is 1. The van der Waals surface area contributed by atoms with Gasteiger partial charge in [-0.05, 0) is 51.7 Å². The highest BCUT2D eigenvalue weighted by Gasteiger charge is 2.30. The molecule has 1 saturated heterocycles. The zero-order valence-electron chi connectivity index (χ0n) is 18.2. The minimum absolute atomic E-state index is 0.255. The summed E-state index contributed by atoms with van der Waals surface area (Å²) >= 11 is 0. The van der Waals surface area contributed by atoms with E-state index in [9.17, 15) is 8.42 Å². The van der Waals surface area contributed by atoms with Crippen LogP contribution in [0.4, 0.5) is 0 Å². The first-order chi connectivity index (χ1) is 14.0. The van der Waals surface area contributed by atoms with Crippen LogP contribution < -0.4 is 0 Å². The quantitative estimate of drug-likeness (QED) is 0.511. The average Bonchev–Trinajstić information content (AvgIpc) is 3.07. The van der Waals surface area contributed by atoms with Gasteiger partial charge in [0.1, 0.15) is 0 Å². The van der Waals surface area contributed by atoms with Gasteiger partial charge in [0.15, 0.2) is 0 Å². The molecule has 2 heterocycles. The Hall–Kier alpha value is -0.960. The second-order valence-electron chi connectivity index (χ2n) is 8.66. The van der Waals surface area contributed by atoms with Crippen LogP contribution in [0.5, 0.6) is 0 Å². The minimum atomic E-state index is -3.31. The number of unbranched alkanes of at least 4 members (excludes halogenated alkanes) is 1. The van der Waals surface area contributed by atoms with Crippen molar-refractivity contribution in [1.82, 2.24) is 19.4 Å². The highest BCUT2D eigenvalue weighted by molar-refractivity contribution is 7.91. The molecular weight excluding hydrogens is 388 g/mol. The van der Waals surface area contributed by atoms with Crippen molar-refractivity contribution in [2.24, 2.45) is 5.92 Å². The van der Waals surface area contributed by atoms with E-state index in [0.29, 0.717) is 5.92 Å². The molecule has 7 nitrogen and oxygen atoms in total. The van der Waals surface area contributed by atoms with Crippen molar-refractivity contribution in [1.29, 1.82) is 0 Å². The molecule has 29 heavy (non-hydrogen) atoms. The van der Waals surface area contributed by atoms with Gasteiger partial charge in [-0.1, -0.05) is 19.8 Å². The second kappa shape index (κ2) is 10.9. The fraction of sp³-hybridized carbons (Fsp3) is 0.857. The monoisotopic (exact) mass is 426 g/mol. The van der Waals surface area contributed by atoms with Gasteiger partial charge in [-0.25, -0.2) is 13.4 Å². The smallest absolute Gasteiger partial charge is 0.227 e. The van der Waals surface area contributed by atoms with Crippen LogP contribution in [0.15, 0.2) is 11.4 Å². The fourth-order valence-electron chi connectivity index (χ4n) is 4.11. The van der Waals surface area contributed by atoms with Gasteiger partial charge in [-0.2, -0.15) is 0 Å². The molecular formula is C21H38N4O3S. The van der Waals surface area contributed by atoms with Gasteiger partial charge >= 0.3 is 0 Å². The summed E-state index contributed by atoms with van der Waals surface area (Å²) in [5, 5.41) is 0.287. The highest BCUT2D eigenvalue weighted by atomic mass is 32.2. The van der Waals surface area contributed by atoms with Crippen LogP contribution in [-0.4, -0.2) is 80.0 Å². The fourth-order valence-corrected chi connectivity index (χ4v) is 5.97. The maximum atomic E-state index is 13.0. The number of ether oxygens (including phenoxy) is 1. The number of nitrogens with zero attached hydrogens (tertiary/aromatic N) is 4. The lowest BCUT2D eigenvalue weighted by molar-refractivity contribution is 0.0363. The number of aromatic nitrogens is 2. The number of hydrogen-bond acceptors (Lipinski definition) is 6. The summed E-state index contributed by atoms with van der Waals surface area (Å²) < 4.78 is 33.3. The van der Waals surface area contributed by atoms with Crippen molar-refractivity contribution in [3.8, 4) is 0 Å². The van der Waals surface area contributed by atoms with Crippen molar-refractivity contribution in [2.75, 3.05) is 52.2 Å². The van der Waals surface area contributed by atoms with Crippen LogP contribution in [0, 0.1) is 5.92 Å². The molecule has 8 heteroatoms. The van der Waals surface area contributed by atoms with E-state index in [2.05, 4.69) is 28.8 Å². The van der Waals surface area contributed by atoms with Crippen LogP contribution >= 0.6 is 0 Å². The predicted molar refractivity (Wildman–Crippen MR) is 115 cm³/mol. The molecule has 0 N–H and O–H groups in total. The van der Waals surface area contributed by atoms with Gasteiger partial charge in [0.25, 0.3) is 0 Å². The van der Waals surface area contributed by atoms with Crippen molar-refractivity contribution in [2.45, 2.75) is 63.7 Å². The summed E-state index contributed by atoms with van der Waals surface area (Å²) in [6.07, 6.45) is 8.12. The van der Waals surface area contributed by atoms with E-state index in [4.69, 9.17) is 4.74 Å². The molecule has 0 radical (unpaired) electrons. The molecule has 0 bridgehead atoms. The van der Waals surface area contributed by atoms with E-state index in [1.807, 2.05) is 4.57 Å². The van der Waals surface area contributed by atoms with Gasteiger partial charge in [0.2, 0.25) is 15.0 Å². The van der Waals surface area contributed by atoms with E-state index in [1.54, 1.807) is 6.20 Å². The van der Waals surface area contributed by atoms with Crippen LogP contribution in [-0.2, 0) is 27.7 Å². The molecule has 1 aromatic heterocycles. The molecule has 2 aliphatic rings. The molecule has 0 aromatic carbocycles. The summed E-state index contributed by atoms with van der Waals surface area (Å²) in [6, 6.07) is 0. The van der Waals surface area contributed by atoms with Crippen molar-refractivity contribution in [3.63, 3.8) is 0 Å². The lowest BCUT2D eigenvalue weighted by atomic mass is 9.87. The summed E-state index contributed by atoms with van der Waals surface area (Å²) in [4.78, 5) is 9.12. The molecule has 0 spiro atoms. The van der Waals surface area contributed by atoms with Gasteiger partial charge in [0.05, 0.1) is 30.9 Å². The van der Waals surface area contributed by atoms with Crippen molar-refractivity contribution >= 4 is 9.84 Å². The Labute approximate surface area is 176 Å². The first-order valence-corrected chi connectivity index (χ1v) is 12.9. The lowest BCUT2D eigenvalue weighted by Crippen LogP contribution is -2.37. The molecule has 0 atom stereocenters. The van der Waals surface area contributed by atoms with Gasteiger partial charge in [-0.15, -0.1) is 0 Å². The predicted octanol–water partition coefficient (Wildman–Crippen LogP) is 2.41. The van der Waals surface area contributed by atoms with Gasteiger partial charge in [-0.3, -0.25) is 4.90 Å². The third-order valence-corrected chi connectivity index (χ3v) is 7.94. The first-order valence-electron chi connectivity index (χ1n) is 11.3. The molecule has 2 fully saturated rings. The summed E-state index contributed by atoms with van der Waals surface area (Å²) in [5.74, 6) is 0.577. The van der Waals surface area contributed by atoms with E-state index < -0.39 is 9.84 Å². The maximum absolute atomic E-state index is 13.0. The van der Waals surface area contributed by atoms with Gasteiger partial charge in [0, 0.05) is 26.2 Å². The highest BCUT2D eigenvalue weighted by Crippen LogP contribution is 2.29. The van der Waals surface area contributed by atoms with Crippen LogP contribution in [0.2, 0.25) is 0 Å². The Bertz CT molecular complexity index is 724. The Morgan fingerprint density at radius 3 is 2.62 bits per heavy atom. The molecule has 0 amide bonds. The normalized spacial score (nSPS) is 19.0. The van der Waals surface area contributed by atoms with Crippen LogP contribution in [0.25, 0.3) is 0 Å². The van der Waals surface area contributed by atoms with Crippen LogP contribution in [0.1, 0.15) is 51.1 Å². The maximum Gasteiger partial charge on any atom is 0.227 e. The lowest BCUT2D eigenvalue weighted by Gasteiger charge is -2.27. The van der Waals surface area contributed by atoms with Crippen molar-refractivity contribution in [3.05, 3.63) is 11.9 Å². The minimum Gasteiger partial charge on any atom is -0.379 e. The zero-order valence-corrected chi connectivity index (χ0v) is 19.0. The largest absolute Gasteiger partial charge is 0.379 e. The molecule has 1 aromatic rings. The molecule has 1 aliphatic heterocycles.